The van der Waals surface area contributed by atoms with Crippen LogP contribution in [0.3, 0.4) is 0 Å². The molecule has 0 N–H and O–H groups in total. The topological polar surface area (TPSA) is 41.9 Å². The lowest BCUT2D eigenvalue weighted by Gasteiger charge is -2.16. The Balaban J connectivity index is 1.44. The maximum Gasteiger partial charge on any atom is 0.271 e. The molecule has 39 heavy (non-hydrogen) atoms. The van der Waals surface area contributed by atoms with Crippen LogP contribution in [0.25, 0.3) is 6.08 Å². The summed E-state index contributed by atoms with van der Waals surface area (Å²) in [5, 5.41) is 1.92. The number of aryl methyl sites for hydroxylation is 2. The summed E-state index contributed by atoms with van der Waals surface area (Å²) in [6.45, 7) is 4.32. The fraction of sp³-hybridized carbons (Fsp3) is 0.0968. The molecular formula is C31H23Cl3N2O2S. The van der Waals surface area contributed by atoms with E-state index in [4.69, 9.17) is 44.5 Å². The lowest BCUT2D eigenvalue weighted by atomic mass is 10.2. The standard InChI is InChI=1S/C31H23Cl3N2O2S/c1-19-3-11-24(12-4-19)35-31-36(25-13-5-20(2)6-14-25)30(37)28(39-31)17-22-15-26(33)29(27(34)16-22)38-18-21-7-9-23(32)10-8-21/h3-17H,18H2,1-2H3/b28-17-,35-31?. The number of aliphatic imine (C=N–C) groups is 1. The van der Waals surface area contributed by atoms with E-state index in [0.717, 1.165) is 28.1 Å². The summed E-state index contributed by atoms with van der Waals surface area (Å²) in [7, 11) is 0. The Labute approximate surface area is 246 Å². The predicted octanol–water partition coefficient (Wildman–Crippen LogP) is 9.65. The highest BCUT2D eigenvalue weighted by atomic mass is 35.5. The van der Waals surface area contributed by atoms with Crippen molar-refractivity contribution in [1.82, 2.24) is 0 Å². The third kappa shape index (κ3) is 6.51. The first-order valence-electron chi connectivity index (χ1n) is 12.1. The molecule has 1 amide bonds. The lowest BCUT2D eigenvalue weighted by Crippen LogP contribution is -2.28. The van der Waals surface area contributed by atoms with E-state index in [0.29, 0.717) is 36.5 Å². The van der Waals surface area contributed by atoms with Gasteiger partial charge in [0.25, 0.3) is 5.91 Å². The molecule has 1 heterocycles. The maximum absolute atomic E-state index is 13.6. The van der Waals surface area contributed by atoms with Crippen LogP contribution in [0.4, 0.5) is 11.4 Å². The first-order valence-corrected chi connectivity index (χ1v) is 14.0. The fourth-order valence-electron chi connectivity index (χ4n) is 3.89. The van der Waals surface area contributed by atoms with Crippen LogP contribution in [0, 0.1) is 13.8 Å². The van der Waals surface area contributed by atoms with Crippen LogP contribution in [-0.4, -0.2) is 11.1 Å². The van der Waals surface area contributed by atoms with E-state index < -0.39 is 0 Å². The minimum atomic E-state index is -0.176. The number of carbonyl (C=O) groups is 1. The van der Waals surface area contributed by atoms with Crippen molar-refractivity contribution in [2.45, 2.75) is 20.5 Å². The highest BCUT2D eigenvalue weighted by Gasteiger charge is 2.34. The molecule has 1 fully saturated rings. The normalized spacial score (nSPS) is 15.4. The number of carbonyl (C=O) groups excluding carboxylic acids is 1. The molecule has 1 saturated heterocycles. The summed E-state index contributed by atoms with van der Waals surface area (Å²) in [4.78, 5) is 20.5. The molecule has 4 aromatic rings. The molecule has 1 aliphatic heterocycles. The summed E-state index contributed by atoms with van der Waals surface area (Å²) in [5.74, 6) is 0.203. The van der Waals surface area contributed by atoms with E-state index in [1.807, 2.05) is 74.5 Å². The van der Waals surface area contributed by atoms with Gasteiger partial charge in [-0.1, -0.05) is 82.3 Å². The lowest BCUT2D eigenvalue weighted by molar-refractivity contribution is -0.113. The Morgan fingerprint density at radius 1 is 0.846 bits per heavy atom. The van der Waals surface area contributed by atoms with E-state index in [1.165, 1.54) is 11.8 Å². The number of benzene rings is 4. The van der Waals surface area contributed by atoms with Gasteiger partial charge in [-0.2, -0.15) is 0 Å². The van der Waals surface area contributed by atoms with Crippen molar-refractivity contribution < 1.29 is 9.53 Å². The van der Waals surface area contributed by atoms with Gasteiger partial charge in [0.05, 0.1) is 26.3 Å². The van der Waals surface area contributed by atoms with Gasteiger partial charge in [0, 0.05) is 5.02 Å². The number of hydrogen-bond donors (Lipinski definition) is 0. The molecule has 4 nitrogen and oxygen atoms in total. The summed E-state index contributed by atoms with van der Waals surface area (Å²) < 4.78 is 5.89. The number of amides is 1. The molecule has 4 aromatic carbocycles. The van der Waals surface area contributed by atoms with E-state index >= 15 is 0 Å². The third-order valence-electron chi connectivity index (χ3n) is 5.97. The number of thioether (sulfide) groups is 1. The Kier molecular flexibility index (Phi) is 8.34. The number of rotatable bonds is 6. The number of nitrogens with zero attached hydrogens (tertiary/aromatic N) is 2. The molecule has 196 valence electrons. The second-order valence-electron chi connectivity index (χ2n) is 9.05. The van der Waals surface area contributed by atoms with Gasteiger partial charge in [0.2, 0.25) is 0 Å². The zero-order chi connectivity index (χ0) is 27.5. The van der Waals surface area contributed by atoms with Crippen molar-refractivity contribution in [3.63, 3.8) is 0 Å². The second kappa shape index (κ2) is 11.9. The van der Waals surface area contributed by atoms with Crippen molar-refractivity contribution >= 4 is 75.1 Å². The Hall–Kier alpha value is -3.22. The largest absolute Gasteiger partial charge is 0.486 e. The van der Waals surface area contributed by atoms with E-state index in [-0.39, 0.29) is 12.5 Å². The molecule has 5 rings (SSSR count). The van der Waals surface area contributed by atoms with Crippen LogP contribution in [0.15, 0.2) is 94.8 Å². The van der Waals surface area contributed by atoms with Gasteiger partial charge in [-0.25, -0.2) is 4.99 Å². The van der Waals surface area contributed by atoms with Crippen molar-refractivity contribution in [2.75, 3.05) is 4.90 Å². The highest BCUT2D eigenvalue weighted by Crippen LogP contribution is 2.40. The Morgan fingerprint density at radius 3 is 2.05 bits per heavy atom. The van der Waals surface area contributed by atoms with E-state index in [2.05, 4.69) is 0 Å². The molecule has 0 aliphatic carbocycles. The average Bonchev–Trinajstić information content (AvgIpc) is 3.20. The van der Waals surface area contributed by atoms with Gasteiger partial charge in [-0.3, -0.25) is 9.69 Å². The van der Waals surface area contributed by atoms with Crippen LogP contribution >= 0.6 is 46.6 Å². The van der Waals surface area contributed by atoms with Crippen molar-refractivity contribution in [1.29, 1.82) is 0 Å². The molecule has 0 radical (unpaired) electrons. The van der Waals surface area contributed by atoms with Gasteiger partial charge in [0.1, 0.15) is 6.61 Å². The number of ether oxygens (including phenoxy) is 1. The number of amidine groups is 1. The van der Waals surface area contributed by atoms with Crippen molar-refractivity contribution in [2.24, 2.45) is 4.99 Å². The summed E-state index contributed by atoms with van der Waals surface area (Å²) >= 11 is 20.4. The van der Waals surface area contributed by atoms with Gasteiger partial charge in [-0.15, -0.1) is 0 Å². The molecule has 0 aromatic heterocycles. The monoisotopic (exact) mass is 592 g/mol. The van der Waals surface area contributed by atoms with E-state index in [9.17, 15) is 4.79 Å². The molecule has 1 aliphatic rings. The SMILES string of the molecule is Cc1ccc(N=C2S/C(=C\c3cc(Cl)c(OCc4ccc(Cl)cc4)c(Cl)c3)C(=O)N2c2ccc(C)cc2)cc1. The minimum absolute atomic E-state index is 0.176. The highest BCUT2D eigenvalue weighted by molar-refractivity contribution is 8.19. The van der Waals surface area contributed by atoms with Crippen LogP contribution < -0.4 is 9.64 Å². The third-order valence-corrected chi connectivity index (χ3v) is 7.75. The van der Waals surface area contributed by atoms with Crippen molar-refractivity contribution in [3.05, 3.63) is 127 Å². The number of hydrogen-bond acceptors (Lipinski definition) is 4. The molecule has 0 unspecified atom stereocenters. The Morgan fingerprint density at radius 2 is 1.44 bits per heavy atom. The van der Waals surface area contributed by atoms with Gasteiger partial charge in [0.15, 0.2) is 10.9 Å². The summed E-state index contributed by atoms with van der Waals surface area (Å²) in [5.41, 5.74) is 5.37. The summed E-state index contributed by atoms with van der Waals surface area (Å²) in [6.07, 6.45) is 1.77. The Bertz CT molecular complexity index is 1560. The molecule has 0 saturated carbocycles. The predicted molar refractivity (Wildman–Crippen MR) is 165 cm³/mol. The van der Waals surface area contributed by atoms with Crippen molar-refractivity contribution in [3.8, 4) is 5.75 Å². The average molecular weight is 594 g/mol. The first-order chi connectivity index (χ1) is 18.8. The molecular weight excluding hydrogens is 571 g/mol. The molecule has 0 spiro atoms. The quantitative estimate of drug-likeness (QED) is 0.209. The minimum Gasteiger partial charge on any atom is -0.486 e. The van der Waals surface area contributed by atoms with Crippen LogP contribution in [-0.2, 0) is 11.4 Å². The van der Waals surface area contributed by atoms with Gasteiger partial charge < -0.3 is 4.74 Å². The number of halogens is 3. The maximum atomic E-state index is 13.6. The molecule has 0 bridgehead atoms. The van der Waals surface area contributed by atoms with E-state index in [1.54, 1.807) is 35.2 Å². The smallest absolute Gasteiger partial charge is 0.271 e. The van der Waals surface area contributed by atoms with Gasteiger partial charge in [-0.05, 0) is 91.3 Å². The fourth-order valence-corrected chi connectivity index (χ4v) is 5.63. The molecule has 0 atom stereocenters. The summed E-state index contributed by atoms with van der Waals surface area (Å²) in [6, 6.07) is 26.5. The van der Waals surface area contributed by atoms with Crippen LogP contribution in [0.5, 0.6) is 5.75 Å². The first kappa shape index (κ1) is 27.4. The van der Waals surface area contributed by atoms with Crippen LogP contribution in [0.2, 0.25) is 15.1 Å². The second-order valence-corrected chi connectivity index (χ2v) is 11.3. The molecule has 8 heteroatoms. The zero-order valence-electron chi connectivity index (χ0n) is 21.1. The van der Waals surface area contributed by atoms with Gasteiger partial charge >= 0.3 is 0 Å². The zero-order valence-corrected chi connectivity index (χ0v) is 24.2. The van der Waals surface area contributed by atoms with Crippen LogP contribution in [0.1, 0.15) is 22.3 Å². The number of anilines is 1.